The fraction of sp³-hybridized carbons (Fsp3) is 0.280. The molecule has 2 aromatic carbocycles. The van der Waals surface area contributed by atoms with Gasteiger partial charge in [0.1, 0.15) is 12.4 Å². The number of piperazine rings is 1. The minimum Gasteiger partial charge on any atom is -0.387 e. The standard InChI is InChI=1S/C25H26ClFN4O3/c26-18-4-1-17(2-5-18)3-8-21-24(20-7-6-19(27)15-22(20)29-21)25(34)28-9-10-30-11-13-31(14-12-30)23(33)16-32/h1-8,15,29,32H,9-14,16H2,(H,28,34)/b8-3+. The lowest BCUT2D eigenvalue weighted by molar-refractivity contribution is -0.135. The molecule has 3 aromatic rings. The van der Waals surface area contributed by atoms with Gasteiger partial charge in [0.25, 0.3) is 5.91 Å². The predicted molar refractivity (Wildman–Crippen MR) is 131 cm³/mol. The van der Waals surface area contributed by atoms with Crippen LogP contribution in [0.15, 0.2) is 42.5 Å². The molecule has 4 rings (SSSR count). The molecule has 0 atom stereocenters. The molecule has 2 heterocycles. The Bertz CT molecular complexity index is 1200. The third kappa shape index (κ3) is 5.64. The minimum atomic E-state index is -0.473. The fourth-order valence-corrected chi connectivity index (χ4v) is 4.18. The van der Waals surface area contributed by atoms with Gasteiger partial charge in [-0.2, -0.15) is 0 Å². The quantitative estimate of drug-likeness (QED) is 0.481. The van der Waals surface area contributed by atoms with E-state index in [0.717, 1.165) is 5.56 Å². The van der Waals surface area contributed by atoms with Crippen molar-refractivity contribution in [2.24, 2.45) is 0 Å². The predicted octanol–water partition coefficient (Wildman–Crippen LogP) is 3.00. The summed E-state index contributed by atoms with van der Waals surface area (Å²) in [5.41, 5.74) is 2.51. The molecule has 34 heavy (non-hydrogen) atoms. The van der Waals surface area contributed by atoms with E-state index < -0.39 is 6.61 Å². The van der Waals surface area contributed by atoms with E-state index in [2.05, 4.69) is 15.2 Å². The first kappa shape index (κ1) is 23.9. The minimum absolute atomic E-state index is 0.247. The second-order valence-electron chi connectivity index (χ2n) is 8.12. The van der Waals surface area contributed by atoms with E-state index in [1.165, 1.54) is 12.1 Å². The van der Waals surface area contributed by atoms with Crippen molar-refractivity contribution in [2.75, 3.05) is 45.9 Å². The number of amides is 2. The first-order valence-corrected chi connectivity index (χ1v) is 11.5. The first-order valence-electron chi connectivity index (χ1n) is 11.1. The Hall–Kier alpha value is -3.20. The van der Waals surface area contributed by atoms with Crippen molar-refractivity contribution in [2.45, 2.75) is 0 Å². The third-order valence-corrected chi connectivity index (χ3v) is 6.15. The second-order valence-corrected chi connectivity index (χ2v) is 8.56. The number of carbonyl (C=O) groups excluding carboxylic acids is 2. The van der Waals surface area contributed by atoms with Gasteiger partial charge in [-0.1, -0.05) is 29.8 Å². The van der Waals surface area contributed by atoms with Gasteiger partial charge in [-0.05, 0) is 42.0 Å². The average molecular weight is 485 g/mol. The number of aliphatic hydroxyl groups is 1. The molecule has 0 spiro atoms. The Labute approximate surface area is 201 Å². The molecule has 1 aromatic heterocycles. The van der Waals surface area contributed by atoms with Gasteiger partial charge in [0.05, 0.1) is 11.3 Å². The molecule has 7 nitrogen and oxygen atoms in total. The molecule has 0 unspecified atom stereocenters. The van der Waals surface area contributed by atoms with E-state index in [4.69, 9.17) is 16.7 Å². The van der Waals surface area contributed by atoms with Crippen molar-refractivity contribution in [1.82, 2.24) is 20.1 Å². The number of nitrogens with zero attached hydrogens (tertiary/aromatic N) is 2. The molecule has 0 saturated carbocycles. The van der Waals surface area contributed by atoms with Crippen molar-refractivity contribution in [1.29, 1.82) is 0 Å². The van der Waals surface area contributed by atoms with Crippen molar-refractivity contribution in [3.05, 3.63) is 70.1 Å². The van der Waals surface area contributed by atoms with Crippen LogP contribution in [0, 0.1) is 5.82 Å². The van der Waals surface area contributed by atoms with Gasteiger partial charge in [0, 0.05) is 55.2 Å². The lowest BCUT2D eigenvalue weighted by atomic mass is 10.1. The van der Waals surface area contributed by atoms with Crippen LogP contribution in [0.2, 0.25) is 5.02 Å². The van der Waals surface area contributed by atoms with Crippen molar-refractivity contribution < 1.29 is 19.1 Å². The van der Waals surface area contributed by atoms with Crippen LogP contribution in [0.3, 0.4) is 0 Å². The van der Waals surface area contributed by atoms with Crippen molar-refractivity contribution >= 4 is 46.5 Å². The zero-order chi connectivity index (χ0) is 24.1. The van der Waals surface area contributed by atoms with E-state index in [1.807, 2.05) is 18.2 Å². The molecule has 0 aliphatic carbocycles. The van der Waals surface area contributed by atoms with Crippen molar-refractivity contribution in [3.63, 3.8) is 0 Å². The number of benzene rings is 2. The molecule has 3 N–H and O–H groups in total. The van der Waals surface area contributed by atoms with E-state index in [9.17, 15) is 14.0 Å². The van der Waals surface area contributed by atoms with Gasteiger partial charge in [-0.15, -0.1) is 0 Å². The zero-order valence-electron chi connectivity index (χ0n) is 18.6. The number of nitrogens with one attached hydrogen (secondary N) is 2. The van der Waals surface area contributed by atoms with Crippen LogP contribution in [0.25, 0.3) is 23.1 Å². The third-order valence-electron chi connectivity index (χ3n) is 5.90. The molecule has 1 aliphatic heterocycles. The summed E-state index contributed by atoms with van der Waals surface area (Å²) < 4.78 is 13.8. The number of aliphatic hydroxyl groups excluding tert-OH is 1. The van der Waals surface area contributed by atoms with E-state index in [0.29, 0.717) is 66.5 Å². The Morgan fingerprint density at radius 1 is 1.09 bits per heavy atom. The van der Waals surface area contributed by atoms with E-state index >= 15 is 0 Å². The molecule has 1 fully saturated rings. The molecule has 0 radical (unpaired) electrons. The number of H-pyrrole nitrogens is 1. The number of carbonyl (C=O) groups is 2. The molecule has 2 amide bonds. The maximum absolute atomic E-state index is 13.8. The number of hydrogen-bond acceptors (Lipinski definition) is 4. The highest BCUT2D eigenvalue weighted by Gasteiger charge is 2.21. The smallest absolute Gasteiger partial charge is 0.254 e. The van der Waals surface area contributed by atoms with Gasteiger partial charge in [-0.25, -0.2) is 4.39 Å². The monoisotopic (exact) mass is 484 g/mol. The molecular formula is C25H26ClFN4O3. The number of halogens is 2. The fourth-order valence-electron chi connectivity index (χ4n) is 4.05. The number of rotatable bonds is 7. The summed E-state index contributed by atoms with van der Waals surface area (Å²) in [7, 11) is 0. The summed E-state index contributed by atoms with van der Waals surface area (Å²) >= 11 is 5.95. The molecule has 0 bridgehead atoms. The summed E-state index contributed by atoms with van der Waals surface area (Å²) in [6, 6.07) is 11.6. The first-order chi connectivity index (χ1) is 16.4. The highest BCUT2D eigenvalue weighted by Crippen LogP contribution is 2.25. The average Bonchev–Trinajstić information content (AvgIpc) is 3.21. The lowest BCUT2D eigenvalue weighted by Gasteiger charge is -2.34. The van der Waals surface area contributed by atoms with Gasteiger partial charge in [0.15, 0.2) is 0 Å². The number of aromatic amines is 1. The van der Waals surface area contributed by atoms with Gasteiger partial charge >= 0.3 is 0 Å². The van der Waals surface area contributed by atoms with Crippen molar-refractivity contribution in [3.8, 4) is 0 Å². The maximum atomic E-state index is 13.8. The summed E-state index contributed by atoms with van der Waals surface area (Å²) in [6.07, 6.45) is 3.66. The number of hydrogen-bond donors (Lipinski definition) is 3. The van der Waals surface area contributed by atoms with Crippen LogP contribution >= 0.6 is 11.6 Å². The summed E-state index contributed by atoms with van der Waals surface area (Å²) in [4.78, 5) is 31.7. The van der Waals surface area contributed by atoms with Crippen LogP contribution in [0.4, 0.5) is 4.39 Å². The summed E-state index contributed by atoms with van der Waals surface area (Å²) in [5.74, 6) is -0.890. The summed E-state index contributed by atoms with van der Waals surface area (Å²) in [5, 5.41) is 13.2. The topological polar surface area (TPSA) is 88.7 Å². The highest BCUT2D eigenvalue weighted by molar-refractivity contribution is 6.30. The summed E-state index contributed by atoms with van der Waals surface area (Å²) in [6.45, 7) is 3.08. The van der Waals surface area contributed by atoms with E-state index in [-0.39, 0.29) is 17.6 Å². The van der Waals surface area contributed by atoms with Gasteiger partial charge in [-0.3, -0.25) is 14.5 Å². The Kier molecular flexibility index (Phi) is 7.62. The van der Waals surface area contributed by atoms with Crippen LogP contribution in [-0.4, -0.2) is 77.6 Å². The maximum Gasteiger partial charge on any atom is 0.254 e. The number of fused-ring (bicyclic) bond motifs is 1. The van der Waals surface area contributed by atoms with Crippen LogP contribution in [0.5, 0.6) is 0 Å². The molecular weight excluding hydrogens is 459 g/mol. The molecule has 1 aliphatic rings. The SMILES string of the molecule is O=C(NCCN1CCN(C(=O)CO)CC1)c1c(/C=C/c2ccc(Cl)cc2)[nH]c2cc(F)ccc12. The largest absolute Gasteiger partial charge is 0.387 e. The van der Waals surface area contributed by atoms with E-state index in [1.54, 1.807) is 29.2 Å². The lowest BCUT2D eigenvalue weighted by Crippen LogP contribution is -2.50. The Morgan fingerprint density at radius 2 is 1.82 bits per heavy atom. The van der Waals surface area contributed by atoms with Crippen LogP contribution in [-0.2, 0) is 4.79 Å². The highest BCUT2D eigenvalue weighted by atomic mass is 35.5. The zero-order valence-corrected chi connectivity index (χ0v) is 19.3. The molecule has 178 valence electrons. The van der Waals surface area contributed by atoms with Crippen LogP contribution < -0.4 is 5.32 Å². The van der Waals surface area contributed by atoms with Gasteiger partial charge < -0.3 is 20.3 Å². The molecule has 1 saturated heterocycles. The Morgan fingerprint density at radius 3 is 2.53 bits per heavy atom. The normalized spacial score (nSPS) is 14.7. The number of aromatic nitrogens is 1. The second kappa shape index (κ2) is 10.8. The van der Waals surface area contributed by atoms with Gasteiger partial charge in [0.2, 0.25) is 5.91 Å². The Balaban J connectivity index is 1.44. The van der Waals surface area contributed by atoms with Crippen LogP contribution in [0.1, 0.15) is 21.6 Å². The molecule has 9 heteroatoms.